The molecule has 0 radical (unpaired) electrons. The largest absolute Gasteiger partial charge is 0.466 e. The van der Waals surface area contributed by atoms with Gasteiger partial charge in [-0.3, -0.25) is 4.79 Å². The van der Waals surface area contributed by atoms with Gasteiger partial charge in [-0.2, -0.15) is 0 Å². The molecular formula is C37H67NO4. The molecule has 2 atom stereocenters. The summed E-state index contributed by atoms with van der Waals surface area (Å²) in [6, 6.07) is 0. The van der Waals surface area contributed by atoms with Crippen LogP contribution in [-0.4, -0.2) is 31.8 Å². The predicted molar refractivity (Wildman–Crippen MR) is 178 cm³/mol. The van der Waals surface area contributed by atoms with Crippen LogP contribution >= 0.6 is 0 Å². The monoisotopic (exact) mass is 590 g/mol. The Morgan fingerprint density at radius 3 is 1.76 bits per heavy atom. The lowest BCUT2D eigenvalue weighted by atomic mass is 9.60. The molecule has 2 unspecified atom stereocenters. The molecule has 0 aromatic rings. The number of nitrogens with one attached hydrogen (secondary N) is 1. The Bertz CT molecular complexity index is 733. The second-order valence-electron chi connectivity index (χ2n) is 14.1. The minimum Gasteiger partial charge on any atom is -0.466 e. The quantitative estimate of drug-likeness (QED) is 0.0619. The van der Waals surface area contributed by atoms with Gasteiger partial charge in [-0.1, -0.05) is 97.1 Å². The zero-order chi connectivity index (χ0) is 30.9. The van der Waals surface area contributed by atoms with Crippen molar-refractivity contribution in [2.24, 2.45) is 16.7 Å². The van der Waals surface area contributed by atoms with Gasteiger partial charge in [-0.25, -0.2) is 4.79 Å². The summed E-state index contributed by atoms with van der Waals surface area (Å²) in [6.45, 7) is 16.2. The van der Waals surface area contributed by atoms with Gasteiger partial charge in [-0.15, -0.1) is 13.2 Å². The summed E-state index contributed by atoms with van der Waals surface area (Å²) in [7, 11) is 0. The first kappa shape index (κ1) is 38.2. The average Bonchev–Trinajstić information content (AvgIpc) is 2.93. The molecule has 5 heteroatoms. The van der Waals surface area contributed by atoms with Crippen LogP contribution in [0.15, 0.2) is 25.3 Å². The lowest BCUT2D eigenvalue weighted by Crippen LogP contribution is -2.43. The highest BCUT2D eigenvalue weighted by Gasteiger charge is 2.41. The molecule has 0 spiro atoms. The molecule has 1 aliphatic rings. The summed E-state index contributed by atoms with van der Waals surface area (Å²) in [5.74, 6) is 0.512. The molecule has 244 valence electrons. The fraction of sp³-hybridized carbons (Fsp3) is 0.838. The molecule has 1 N–H and O–H groups in total. The minimum atomic E-state index is -0.285. The van der Waals surface area contributed by atoms with E-state index in [2.05, 4.69) is 39.2 Å². The van der Waals surface area contributed by atoms with E-state index < -0.39 is 0 Å². The Labute approximate surface area is 260 Å². The summed E-state index contributed by atoms with van der Waals surface area (Å²) in [6.07, 6.45) is 28.5. The van der Waals surface area contributed by atoms with Crippen molar-refractivity contribution >= 4 is 12.1 Å². The molecule has 1 saturated carbocycles. The van der Waals surface area contributed by atoms with Crippen LogP contribution < -0.4 is 5.32 Å². The molecule has 1 amide bonds. The Morgan fingerprint density at radius 2 is 1.21 bits per heavy atom. The fourth-order valence-corrected chi connectivity index (χ4v) is 7.03. The molecule has 1 aliphatic carbocycles. The van der Waals surface area contributed by atoms with Gasteiger partial charge in [0.1, 0.15) is 0 Å². The lowest BCUT2D eigenvalue weighted by molar-refractivity contribution is -0.144. The first-order valence-corrected chi connectivity index (χ1v) is 17.5. The summed E-state index contributed by atoms with van der Waals surface area (Å²) >= 11 is 0. The average molecular weight is 590 g/mol. The standard InChI is InChI=1S/C37H67NO4/c1-6-8-10-12-14-16-18-20-22-27-41-34(39)26-24-25-33-29-36(3,4)31-37(5,30-33)32-38-35(40)42-28-23-21-19-17-15-13-11-9-7-2/h6-7,33H,1-2,8-32H2,3-5H3,(H,38,40). The predicted octanol–water partition coefficient (Wildman–Crippen LogP) is 10.9. The highest BCUT2D eigenvalue weighted by atomic mass is 16.5. The number of rotatable bonds is 26. The molecular weight excluding hydrogens is 522 g/mol. The van der Waals surface area contributed by atoms with Crippen molar-refractivity contribution in [1.29, 1.82) is 0 Å². The van der Waals surface area contributed by atoms with Crippen molar-refractivity contribution in [3.8, 4) is 0 Å². The maximum Gasteiger partial charge on any atom is 0.407 e. The van der Waals surface area contributed by atoms with E-state index in [1.165, 1.54) is 70.6 Å². The van der Waals surface area contributed by atoms with Crippen LogP contribution in [0, 0.1) is 16.7 Å². The summed E-state index contributed by atoms with van der Waals surface area (Å²) in [5, 5.41) is 3.06. The Hall–Kier alpha value is -1.78. The first-order chi connectivity index (χ1) is 20.2. The van der Waals surface area contributed by atoms with Crippen molar-refractivity contribution in [2.45, 2.75) is 162 Å². The van der Waals surface area contributed by atoms with Crippen molar-refractivity contribution in [2.75, 3.05) is 19.8 Å². The molecule has 0 bridgehead atoms. The van der Waals surface area contributed by atoms with E-state index in [0.29, 0.717) is 32.1 Å². The van der Waals surface area contributed by atoms with Crippen LogP contribution in [-0.2, 0) is 14.3 Å². The Morgan fingerprint density at radius 1 is 0.714 bits per heavy atom. The number of carbonyl (C=O) groups excluding carboxylic acids is 2. The van der Waals surface area contributed by atoms with Crippen molar-refractivity contribution in [1.82, 2.24) is 5.32 Å². The molecule has 0 aliphatic heterocycles. The fourth-order valence-electron chi connectivity index (χ4n) is 7.03. The number of allylic oxidation sites excluding steroid dienone is 2. The molecule has 0 aromatic carbocycles. The highest BCUT2D eigenvalue weighted by molar-refractivity contribution is 5.69. The number of alkyl carbamates (subject to hydrolysis) is 1. The van der Waals surface area contributed by atoms with E-state index >= 15 is 0 Å². The lowest BCUT2D eigenvalue weighted by Gasteiger charge is -2.47. The van der Waals surface area contributed by atoms with Crippen LogP contribution in [0.25, 0.3) is 0 Å². The van der Waals surface area contributed by atoms with Crippen LogP contribution in [0.3, 0.4) is 0 Å². The molecule has 1 rings (SSSR count). The maximum absolute atomic E-state index is 12.4. The highest BCUT2D eigenvalue weighted by Crippen LogP contribution is 2.49. The SMILES string of the molecule is C=CCCCCCCCCCOC(=O)CCCC1CC(C)(C)CC(C)(CNC(=O)OCCCCCCCCCC=C)C1. The topological polar surface area (TPSA) is 64.6 Å². The van der Waals surface area contributed by atoms with Crippen LogP contribution in [0.1, 0.15) is 162 Å². The van der Waals surface area contributed by atoms with Crippen LogP contribution in [0.2, 0.25) is 0 Å². The van der Waals surface area contributed by atoms with Gasteiger partial charge in [-0.05, 0) is 87.4 Å². The van der Waals surface area contributed by atoms with Gasteiger partial charge >= 0.3 is 12.1 Å². The minimum absolute atomic E-state index is 0.0448. The zero-order valence-electron chi connectivity index (χ0n) is 28.0. The number of hydrogen-bond acceptors (Lipinski definition) is 4. The van der Waals surface area contributed by atoms with Crippen molar-refractivity contribution < 1.29 is 19.1 Å². The summed E-state index contributed by atoms with van der Waals surface area (Å²) in [4.78, 5) is 24.6. The third kappa shape index (κ3) is 21.0. The van der Waals surface area contributed by atoms with Gasteiger partial charge in [0.15, 0.2) is 0 Å². The summed E-state index contributed by atoms with van der Waals surface area (Å²) in [5.41, 5.74) is 0.268. The van der Waals surface area contributed by atoms with Gasteiger partial charge in [0.25, 0.3) is 0 Å². The third-order valence-corrected chi connectivity index (χ3v) is 8.78. The number of esters is 1. The van der Waals surface area contributed by atoms with Gasteiger partial charge in [0.05, 0.1) is 13.2 Å². The molecule has 5 nitrogen and oxygen atoms in total. The molecule has 0 saturated heterocycles. The second kappa shape index (κ2) is 23.6. The van der Waals surface area contributed by atoms with E-state index in [1.807, 2.05) is 12.2 Å². The number of carbonyl (C=O) groups is 2. The molecule has 0 aromatic heterocycles. The normalized spacial score (nSPS) is 19.6. The van der Waals surface area contributed by atoms with E-state index in [0.717, 1.165) is 64.2 Å². The van der Waals surface area contributed by atoms with Crippen LogP contribution in [0.5, 0.6) is 0 Å². The second-order valence-corrected chi connectivity index (χ2v) is 14.1. The number of unbranched alkanes of at least 4 members (excludes halogenated alkanes) is 14. The number of hydrogen-bond donors (Lipinski definition) is 1. The first-order valence-electron chi connectivity index (χ1n) is 17.5. The van der Waals surface area contributed by atoms with Crippen molar-refractivity contribution in [3.05, 3.63) is 25.3 Å². The van der Waals surface area contributed by atoms with Gasteiger partial charge in [0, 0.05) is 13.0 Å². The van der Waals surface area contributed by atoms with E-state index in [1.54, 1.807) is 0 Å². The van der Waals surface area contributed by atoms with E-state index in [9.17, 15) is 9.59 Å². The van der Waals surface area contributed by atoms with Gasteiger partial charge < -0.3 is 14.8 Å². The maximum atomic E-state index is 12.4. The Balaban J connectivity index is 2.17. The van der Waals surface area contributed by atoms with Crippen LogP contribution in [0.4, 0.5) is 4.79 Å². The molecule has 42 heavy (non-hydrogen) atoms. The Kier molecular flexibility index (Phi) is 21.5. The molecule has 1 fully saturated rings. The van der Waals surface area contributed by atoms with Crippen molar-refractivity contribution in [3.63, 3.8) is 0 Å². The zero-order valence-corrected chi connectivity index (χ0v) is 28.0. The third-order valence-electron chi connectivity index (χ3n) is 8.78. The number of amides is 1. The molecule has 0 heterocycles. The smallest absolute Gasteiger partial charge is 0.407 e. The van der Waals surface area contributed by atoms with E-state index in [4.69, 9.17) is 9.47 Å². The number of ether oxygens (including phenoxy) is 2. The van der Waals surface area contributed by atoms with Gasteiger partial charge in [0.2, 0.25) is 0 Å². The summed E-state index contributed by atoms with van der Waals surface area (Å²) < 4.78 is 11.0. The van der Waals surface area contributed by atoms with E-state index in [-0.39, 0.29) is 22.9 Å².